The van der Waals surface area contributed by atoms with Gasteiger partial charge in [-0.15, -0.1) is 9.24 Å². The monoisotopic (exact) mass is 678 g/mol. The molecule has 4 heteroatoms. The Hall–Kier alpha value is -1.56. The lowest BCUT2D eigenvalue weighted by atomic mass is 9.43. The molecule has 9 rings (SSSR count). The molecule has 2 aliphatic heterocycles. The molecule has 4 bridgehead atoms. The zero-order valence-corrected chi connectivity index (χ0v) is 32.2. The first kappa shape index (κ1) is 33.6. The lowest BCUT2D eigenvalue weighted by molar-refractivity contribution is -0.0521. The first-order chi connectivity index (χ1) is 23.2. The van der Waals surface area contributed by atoms with Gasteiger partial charge in [-0.25, -0.2) is 0 Å². The lowest BCUT2D eigenvalue weighted by Crippen LogP contribution is -2.56. The average Bonchev–Trinajstić information content (AvgIpc) is 3.83. The summed E-state index contributed by atoms with van der Waals surface area (Å²) in [4.78, 5) is 0. The molecule has 3 aromatic rings. The standard InChI is InChI=1S/C44H60N2P2/c1-42(2,34-13-7-5-8-14-34)37-24-33(29-48(40-17-11-19-45-40)41-18-12-20-46-41)36(25-38(37)43(3,4)35-15-9-6-10-16-35)44-26-30-21-31(27-44)23-32(22-30)39(44)28-47/h5-10,13-16,24-25,30-32,39-41,45-46H,11-12,17-23,26-29,47H2,1-4H3. The van der Waals surface area contributed by atoms with Crippen molar-refractivity contribution in [3.05, 3.63) is 106 Å². The second kappa shape index (κ2) is 13.2. The van der Waals surface area contributed by atoms with Crippen LogP contribution in [0.4, 0.5) is 0 Å². The molecular formula is C44H60N2P2. The van der Waals surface area contributed by atoms with Crippen LogP contribution in [0.5, 0.6) is 0 Å². The van der Waals surface area contributed by atoms with Gasteiger partial charge in [0.05, 0.1) is 0 Å². The smallest absolute Gasteiger partial charge is 0.0286 e. The topological polar surface area (TPSA) is 24.1 Å². The highest BCUT2D eigenvalue weighted by atomic mass is 31.1. The molecule has 256 valence electrons. The number of benzene rings is 3. The Morgan fingerprint density at radius 2 is 1.25 bits per heavy atom. The molecule has 2 N–H and O–H groups in total. The van der Waals surface area contributed by atoms with Crippen LogP contribution in [0.25, 0.3) is 0 Å². The quantitative estimate of drug-likeness (QED) is 0.209. The molecule has 6 fully saturated rings. The first-order valence-electron chi connectivity index (χ1n) is 19.4. The van der Waals surface area contributed by atoms with E-state index in [-0.39, 0.29) is 18.8 Å². The second-order valence-electron chi connectivity index (χ2n) is 17.5. The Balaban J connectivity index is 1.37. The first-order valence-corrected chi connectivity index (χ1v) is 21.9. The highest BCUT2D eigenvalue weighted by Gasteiger charge is 2.58. The summed E-state index contributed by atoms with van der Waals surface area (Å²) >= 11 is 0. The molecule has 6 unspecified atom stereocenters. The molecule has 4 saturated carbocycles. The summed E-state index contributed by atoms with van der Waals surface area (Å²) in [7, 11) is 3.04. The van der Waals surface area contributed by atoms with E-state index in [4.69, 9.17) is 0 Å². The SMILES string of the molecule is CC(C)(c1ccccc1)c1cc(CP(C2CCCN2)C2CCCN2)c(C23CC4CC(CC(C4)C2CP)C3)cc1C(C)(C)c1ccccc1. The summed E-state index contributed by atoms with van der Waals surface area (Å²) < 4.78 is 0. The van der Waals surface area contributed by atoms with Crippen molar-refractivity contribution in [1.82, 2.24) is 10.6 Å². The van der Waals surface area contributed by atoms with E-state index in [2.05, 4.69) is 120 Å². The minimum absolute atomic E-state index is 0.112. The predicted molar refractivity (Wildman–Crippen MR) is 210 cm³/mol. The maximum Gasteiger partial charge on any atom is 0.0286 e. The minimum Gasteiger partial charge on any atom is -0.310 e. The van der Waals surface area contributed by atoms with Gasteiger partial charge in [0.25, 0.3) is 0 Å². The van der Waals surface area contributed by atoms with Gasteiger partial charge in [-0.1, -0.05) is 108 Å². The fourth-order valence-corrected chi connectivity index (χ4v) is 15.9. The minimum atomic E-state index is -0.227. The summed E-state index contributed by atoms with van der Waals surface area (Å²) in [5, 5.41) is 8.08. The van der Waals surface area contributed by atoms with E-state index in [1.165, 1.54) is 94.3 Å². The maximum absolute atomic E-state index is 4.04. The van der Waals surface area contributed by atoms with Crippen LogP contribution in [-0.2, 0) is 22.4 Å². The lowest BCUT2D eigenvalue weighted by Gasteiger charge is -2.62. The largest absolute Gasteiger partial charge is 0.310 e. The summed E-state index contributed by atoms with van der Waals surface area (Å²) in [5.74, 6) is 4.90. The Morgan fingerprint density at radius 3 is 1.73 bits per heavy atom. The van der Waals surface area contributed by atoms with Gasteiger partial charge in [0.15, 0.2) is 0 Å². The molecule has 0 amide bonds. The average molecular weight is 679 g/mol. The number of rotatable bonds is 10. The molecule has 48 heavy (non-hydrogen) atoms. The van der Waals surface area contributed by atoms with Crippen molar-refractivity contribution in [1.29, 1.82) is 0 Å². The molecule has 3 aromatic carbocycles. The molecule has 4 aliphatic carbocycles. The summed E-state index contributed by atoms with van der Waals surface area (Å²) in [6.45, 7) is 12.4. The van der Waals surface area contributed by atoms with Crippen molar-refractivity contribution < 1.29 is 0 Å². The molecule has 6 aliphatic rings. The van der Waals surface area contributed by atoms with E-state index < -0.39 is 0 Å². The molecule has 2 nitrogen and oxygen atoms in total. The summed E-state index contributed by atoms with van der Waals surface area (Å²) in [6, 6.07) is 28.5. The number of nitrogens with one attached hydrogen (secondary N) is 2. The van der Waals surface area contributed by atoms with Crippen molar-refractivity contribution in [3.63, 3.8) is 0 Å². The third kappa shape index (κ3) is 5.78. The van der Waals surface area contributed by atoms with Crippen LogP contribution < -0.4 is 10.6 Å². The van der Waals surface area contributed by atoms with Crippen molar-refractivity contribution >= 4 is 17.2 Å². The van der Waals surface area contributed by atoms with Crippen molar-refractivity contribution in [2.45, 2.75) is 119 Å². The molecule has 0 spiro atoms. The van der Waals surface area contributed by atoms with Gasteiger partial charge in [-0.2, -0.15) is 0 Å². The number of hydrogen-bond acceptors (Lipinski definition) is 2. The van der Waals surface area contributed by atoms with Crippen LogP contribution in [0.1, 0.15) is 119 Å². The zero-order chi connectivity index (χ0) is 33.1. The Kier molecular flexibility index (Phi) is 9.24. The third-order valence-corrected chi connectivity index (χ3v) is 17.8. The van der Waals surface area contributed by atoms with Crippen LogP contribution in [-0.4, -0.2) is 30.8 Å². The van der Waals surface area contributed by atoms with E-state index >= 15 is 0 Å². The van der Waals surface area contributed by atoms with Crippen LogP contribution in [0.15, 0.2) is 72.8 Å². The van der Waals surface area contributed by atoms with Crippen LogP contribution >= 0.6 is 17.2 Å². The Labute approximate surface area is 295 Å². The highest BCUT2D eigenvalue weighted by molar-refractivity contribution is 7.58. The Bertz CT molecular complexity index is 1540. The van der Waals surface area contributed by atoms with Gasteiger partial charge in [-0.05, 0) is 146 Å². The van der Waals surface area contributed by atoms with Crippen LogP contribution in [0, 0.1) is 23.7 Å². The van der Waals surface area contributed by atoms with E-state index in [1.54, 1.807) is 22.3 Å². The maximum atomic E-state index is 4.04. The Morgan fingerprint density at radius 1 is 0.729 bits per heavy atom. The van der Waals surface area contributed by atoms with Crippen molar-refractivity contribution in [3.8, 4) is 0 Å². The number of hydrogen-bond donors (Lipinski definition) is 2. The van der Waals surface area contributed by atoms with Gasteiger partial charge in [0.2, 0.25) is 0 Å². The second-order valence-corrected chi connectivity index (χ2v) is 20.6. The fourth-order valence-electron chi connectivity index (χ4n) is 11.8. The van der Waals surface area contributed by atoms with E-state index in [9.17, 15) is 0 Å². The molecule has 0 aromatic heterocycles. The van der Waals surface area contributed by atoms with Gasteiger partial charge in [0.1, 0.15) is 0 Å². The van der Waals surface area contributed by atoms with E-state index in [0.29, 0.717) is 17.0 Å². The van der Waals surface area contributed by atoms with Gasteiger partial charge < -0.3 is 10.6 Å². The van der Waals surface area contributed by atoms with Gasteiger partial charge >= 0.3 is 0 Å². The highest BCUT2D eigenvalue weighted by Crippen LogP contribution is 2.66. The molecular weight excluding hydrogens is 618 g/mol. The fraction of sp³-hybridized carbons (Fsp3) is 0.591. The van der Waals surface area contributed by atoms with E-state index in [0.717, 1.165) is 23.7 Å². The van der Waals surface area contributed by atoms with Gasteiger partial charge in [-0.3, -0.25) is 0 Å². The van der Waals surface area contributed by atoms with Crippen LogP contribution in [0.2, 0.25) is 0 Å². The van der Waals surface area contributed by atoms with Crippen LogP contribution in [0.3, 0.4) is 0 Å². The third-order valence-electron chi connectivity index (χ3n) is 14.1. The normalized spacial score (nSPS) is 32.2. The molecule has 6 atom stereocenters. The summed E-state index contributed by atoms with van der Waals surface area (Å²) in [5.41, 5.74) is 9.54. The molecule has 0 radical (unpaired) electrons. The van der Waals surface area contributed by atoms with Gasteiger partial charge in [0, 0.05) is 22.4 Å². The molecule has 2 saturated heterocycles. The molecule has 2 heterocycles. The predicted octanol–water partition coefficient (Wildman–Crippen LogP) is 10.3. The van der Waals surface area contributed by atoms with Crippen molar-refractivity contribution in [2.24, 2.45) is 23.7 Å². The van der Waals surface area contributed by atoms with E-state index in [1.807, 2.05) is 0 Å². The summed E-state index contributed by atoms with van der Waals surface area (Å²) in [6.07, 6.45) is 15.2. The zero-order valence-electron chi connectivity index (χ0n) is 30.1. The van der Waals surface area contributed by atoms with Crippen molar-refractivity contribution in [2.75, 3.05) is 19.3 Å².